The second kappa shape index (κ2) is 10.2. The van der Waals surface area contributed by atoms with Crippen molar-refractivity contribution in [3.8, 4) is 0 Å². The summed E-state index contributed by atoms with van der Waals surface area (Å²) in [7, 11) is -4.58. The van der Waals surface area contributed by atoms with Gasteiger partial charge < -0.3 is 35.9 Å². The molecule has 13 heteroatoms. The first-order chi connectivity index (χ1) is 9.40. The van der Waals surface area contributed by atoms with Crippen molar-refractivity contribution in [1.29, 1.82) is 0 Å². The number of aliphatic carboxylic acids is 3. The van der Waals surface area contributed by atoms with E-state index in [-0.39, 0.29) is 12.8 Å². The van der Waals surface area contributed by atoms with Crippen LogP contribution in [0.25, 0.3) is 0 Å². The first-order valence-electron chi connectivity index (χ1n) is 5.28. The average Bonchev–Trinajstić information content (AvgIpc) is 2.32. The molecular weight excluding hydrogens is 315 g/mol. The highest BCUT2D eigenvalue weighted by molar-refractivity contribution is 7.49. The monoisotopic (exact) mass is 332 g/mol. The molecule has 0 aromatic rings. The van der Waals surface area contributed by atoms with E-state index in [1.807, 2.05) is 0 Å². The molecule has 2 atom stereocenters. The molecule has 9 N–H and O–H groups in total. The van der Waals surface area contributed by atoms with Crippen LogP contribution in [0, 0.1) is 0 Å². The maximum atomic E-state index is 10.1. The van der Waals surface area contributed by atoms with E-state index in [4.69, 9.17) is 35.9 Å². The van der Waals surface area contributed by atoms with Crippen LogP contribution in [0.5, 0.6) is 0 Å². The Morgan fingerprint density at radius 1 is 1.10 bits per heavy atom. The summed E-state index contributed by atoms with van der Waals surface area (Å²) in [5, 5.41) is 34.1. The van der Waals surface area contributed by atoms with Gasteiger partial charge in [-0.3, -0.25) is 14.4 Å². The SMILES string of the molecule is N[C@@H](CCC(=O)O)C(=O)O.O=C(O)[C@H](CO)NP(=O)(O)O. The predicted octanol–water partition coefficient (Wildman–Crippen LogP) is -2.62. The van der Waals surface area contributed by atoms with Crippen molar-refractivity contribution < 1.29 is 49.2 Å². The Kier molecular flexibility index (Phi) is 10.6. The maximum Gasteiger partial charge on any atom is 0.401 e. The molecular formula is C8H17N2O10P. The molecule has 0 aromatic carbocycles. The summed E-state index contributed by atoms with van der Waals surface area (Å²) in [6.45, 7) is -0.875. The minimum Gasteiger partial charge on any atom is -0.481 e. The molecule has 12 nitrogen and oxygen atoms in total. The summed E-state index contributed by atoms with van der Waals surface area (Å²) < 4.78 is 10.1. The Labute approximate surface area is 118 Å². The lowest BCUT2D eigenvalue weighted by Crippen LogP contribution is -2.37. The van der Waals surface area contributed by atoms with E-state index in [0.717, 1.165) is 0 Å². The number of nitrogens with one attached hydrogen (secondary N) is 1. The summed E-state index contributed by atoms with van der Waals surface area (Å²) in [5.41, 5.74) is 5.00. The van der Waals surface area contributed by atoms with Crippen LogP contribution in [-0.2, 0) is 18.9 Å². The third kappa shape index (κ3) is 14.7. The summed E-state index contributed by atoms with van der Waals surface area (Å²) in [4.78, 5) is 46.3. The third-order valence-corrected chi connectivity index (χ3v) is 2.44. The zero-order valence-corrected chi connectivity index (χ0v) is 11.5. The lowest BCUT2D eigenvalue weighted by Gasteiger charge is -2.11. The van der Waals surface area contributed by atoms with Gasteiger partial charge in [-0.05, 0) is 6.42 Å². The number of carboxylic acids is 3. The lowest BCUT2D eigenvalue weighted by molar-refractivity contribution is -0.141. The van der Waals surface area contributed by atoms with Gasteiger partial charge in [0.1, 0.15) is 12.1 Å². The van der Waals surface area contributed by atoms with E-state index >= 15 is 0 Å². The smallest absolute Gasteiger partial charge is 0.401 e. The number of carboxylic acid groups (broad SMARTS) is 3. The number of aliphatic hydroxyl groups excluding tert-OH is 1. The number of carbonyl (C=O) groups is 3. The molecule has 21 heavy (non-hydrogen) atoms. The van der Waals surface area contributed by atoms with E-state index < -0.39 is 44.3 Å². The van der Waals surface area contributed by atoms with Crippen LogP contribution < -0.4 is 10.8 Å². The highest BCUT2D eigenvalue weighted by Crippen LogP contribution is 2.28. The number of nitrogens with two attached hydrogens (primary N) is 1. The fourth-order valence-electron chi connectivity index (χ4n) is 0.780. The Morgan fingerprint density at radius 3 is 1.76 bits per heavy atom. The quantitative estimate of drug-likeness (QED) is 0.213. The van der Waals surface area contributed by atoms with E-state index in [9.17, 15) is 18.9 Å². The molecule has 0 amide bonds. The van der Waals surface area contributed by atoms with Crippen LogP contribution in [0.4, 0.5) is 0 Å². The van der Waals surface area contributed by atoms with E-state index in [2.05, 4.69) is 0 Å². The third-order valence-electron chi connectivity index (χ3n) is 1.79. The van der Waals surface area contributed by atoms with Crippen molar-refractivity contribution in [2.24, 2.45) is 5.73 Å². The molecule has 0 aromatic heterocycles. The van der Waals surface area contributed by atoms with Crippen molar-refractivity contribution in [3.05, 3.63) is 0 Å². The Bertz CT molecular complexity index is 408. The van der Waals surface area contributed by atoms with Crippen LogP contribution >= 0.6 is 7.75 Å². The molecule has 0 bridgehead atoms. The van der Waals surface area contributed by atoms with E-state index in [0.29, 0.717) is 0 Å². The minimum atomic E-state index is -4.58. The van der Waals surface area contributed by atoms with Gasteiger partial charge in [-0.1, -0.05) is 0 Å². The first-order valence-corrected chi connectivity index (χ1v) is 6.89. The topological polar surface area (TPSA) is 228 Å². The normalized spacial score (nSPS) is 13.5. The Balaban J connectivity index is 0. The lowest BCUT2D eigenvalue weighted by atomic mass is 10.2. The molecule has 124 valence electrons. The highest BCUT2D eigenvalue weighted by Gasteiger charge is 2.24. The number of hydrogen-bond donors (Lipinski definition) is 8. The van der Waals surface area contributed by atoms with Crippen molar-refractivity contribution >= 4 is 25.7 Å². The first kappa shape index (κ1) is 21.7. The van der Waals surface area contributed by atoms with Crippen LogP contribution in [0.2, 0.25) is 0 Å². The second-order valence-corrected chi connectivity index (χ2v) is 4.97. The van der Waals surface area contributed by atoms with Crippen molar-refractivity contribution in [1.82, 2.24) is 5.09 Å². The zero-order valence-electron chi connectivity index (χ0n) is 10.6. The van der Waals surface area contributed by atoms with E-state index in [1.54, 1.807) is 0 Å². The average molecular weight is 332 g/mol. The van der Waals surface area contributed by atoms with Crippen LogP contribution in [0.15, 0.2) is 0 Å². The number of hydrogen-bond acceptors (Lipinski definition) is 6. The molecule has 0 aliphatic carbocycles. The molecule has 0 aliphatic rings. The summed E-state index contributed by atoms with van der Waals surface area (Å²) >= 11 is 0. The summed E-state index contributed by atoms with van der Waals surface area (Å²) in [6.07, 6.45) is -0.224. The minimum absolute atomic E-state index is 0.0231. The van der Waals surface area contributed by atoms with E-state index in [1.165, 1.54) is 5.09 Å². The van der Waals surface area contributed by atoms with Crippen molar-refractivity contribution in [2.75, 3.05) is 6.61 Å². The number of aliphatic hydroxyl groups is 1. The van der Waals surface area contributed by atoms with Gasteiger partial charge in [-0.2, -0.15) is 0 Å². The summed E-state index contributed by atoms with van der Waals surface area (Å²) in [5.74, 6) is -3.71. The summed E-state index contributed by atoms with van der Waals surface area (Å²) in [6, 6.07) is -2.69. The van der Waals surface area contributed by atoms with Gasteiger partial charge in [0, 0.05) is 6.42 Å². The van der Waals surface area contributed by atoms with Crippen molar-refractivity contribution in [3.63, 3.8) is 0 Å². The zero-order chi connectivity index (χ0) is 17.2. The molecule has 0 spiro atoms. The molecule has 0 heterocycles. The van der Waals surface area contributed by atoms with Crippen molar-refractivity contribution in [2.45, 2.75) is 24.9 Å². The van der Waals surface area contributed by atoms with Gasteiger partial charge in [0.05, 0.1) is 6.61 Å². The molecule has 0 saturated carbocycles. The van der Waals surface area contributed by atoms with Gasteiger partial charge in [-0.25, -0.2) is 9.65 Å². The Hall–Kier alpha value is -1.56. The standard InChI is InChI=1S/C5H9NO4.C3H8NO6P/c6-3(5(9)10)1-2-4(7)8;5-1-2(3(6)7)4-11(8,9)10/h3H,1-2,6H2,(H,7,8)(H,9,10);2,5H,1H2,(H,6,7)(H3,4,8,9,10)/t3-;2-/m00/s1. The fourth-order valence-corrected chi connectivity index (χ4v) is 1.38. The maximum absolute atomic E-state index is 10.1. The predicted molar refractivity (Wildman–Crippen MR) is 66.2 cm³/mol. The molecule has 0 fully saturated rings. The number of rotatable bonds is 8. The second-order valence-electron chi connectivity index (χ2n) is 3.62. The van der Waals surface area contributed by atoms with Gasteiger partial charge in [0.25, 0.3) is 0 Å². The Morgan fingerprint density at radius 2 is 1.57 bits per heavy atom. The van der Waals surface area contributed by atoms with Gasteiger partial charge in [-0.15, -0.1) is 0 Å². The van der Waals surface area contributed by atoms with Gasteiger partial charge in [0.15, 0.2) is 0 Å². The van der Waals surface area contributed by atoms with Crippen LogP contribution in [-0.4, -0.2) is 66.8 Å². The van der Waals surface area contributed by atoms with Gasteiger partial charge in [0.2, 0.25) is 0 Å². The largest absolute Gasteiger partial charge is 0.481 e. The molecule has 0 radical (unpaired) electrons. The molecule has 0 aliphatic heterocycles. The highest BCUT2D eigenvalue weighted by atomic mass is 31.2. The van der Waals surface area contributed by atoms with Crippen LogP contribution in [0.1, 0.15) is 12.8 Å². The van der Waals surface area contributed by atoms with Crippen LogP contribution in [0.3, 0.4) is 0 Å². The molecule has 0 unspecified atom stereocenters. The van der Waals surface area contributed by atoms with Gasteiger partial charge >= 0.3 is 25.7 Å². The molecule has 0 saturated heterocycles. The fraction of sp³-hybridized carbons (Fsp3) is 0.625. The molecule has 0 rings (SSSR count).